The minimum absolute atomic E-state index is 0.148. The molecule has 2 aromatic rings. The summed E-state index contributed by atoms with van der Waals surface area (Å²) in [5.74, 6) is 1.60. The van der Waals surface area contributed by atoms with Gasteiger partial charge in [-0.25, -0.2) is 0 Å². The smallest absolute Gasteiger partial charge is 0.223 e. The molecule has 0 aliphatic carbocycles. The SMILES string of the molecule is COc1ccc(CCC(=O)N2CCCC[C@H]2c2cccnc2)cc1OC. The summed E-state index contributed by atoms with van der Waals surface area (Å²) < 4.78 is 10.6. The Morgan fingerprint density at radius 1 is 1.19 bits per heavy atom. The molecule has 1 aromatic carbocycles. The molecule has 0 radical (unpaired) electrons. The molecule has 0 spiro atoms. The van der Waals surface area contributed by atoms with Crippen molar-refractivity contribution in [3.8, 4) is 11.5 Å². The van der Waals surface area contributed by atoms with E-state index in [0.29, 0.717) is 24.3 Å². The summed E-state index contributed by atoms with van der Waals surface area (Å²) in [5, 5.41) is 0. The second kappa shape index (κ2) is 8.70. The second-order valence-electron chi connectivity index (χ2n) is 6.57. The van der Waals surface area contributed by atoms with Gasteiger partial charge in [-0.1, -0.05) is 12.1 Å². The van der Waals surface area contributed by atoms with Gasteiger partial charge in [0.1, 0.15) is 0 Å². The fourth-order valence-electron chi connectivity index (χ4n) is 3.58. The van der Waals surface area contributed by atoms with Gasteiger partial charge in [-0.2, -0.15) is 0 Å². The van der Waals surface area contributed by atoms with Crippen LogP contribution in [-0.4, -0.2) is 36.6 Å². The second-order valence-corrected chi connectivity index (χ2v) is 6.57. The molecule has 0 bridgehead atoms. The Balaban J connectivity index is 1.67. The molecule has 5 heteroatoms. The van der Waals surface area contributed by atoms with Crippen LogP contribution >= 0.6 is 0 Å². The number of pyridine rings is 1. The number of piperidine rings is 1. The van der Waals surface area contributed by atoms with Gasteiger partial charge in [0.15, 0.2) is 11.5 Å². The van der Waals surface area contributed by atoms with Crippen molar-refractivity contribution in [1.82, 2.24) is 9.88 Å². The number of carbonyl (C=O) groups is 1. The maximum Gasteiger partial charge on any atom is 0.223 e. The Labute approximate surface area is 155 Å². The molecule has 1 aromatic heterocycles. The third kappa shape index (κ3) is 4.15. The first kappa shape index (κ1) is 18.2. The molecule has 0 unspecified atom stereocenters. The van der Waals surface area contributed by atoms with E-state index >= 15 is 0 Å². The molecule has 0 N–H and O–H groups in total. The van der Waals surface area contributed by atoms with Crippen molar-refractivity contribution >= 4 is 5.91 Å². The topological polar surface area (TPSA) is 51.7 Å². The molecule has 1 aliphatic rings. The first-order valence-electron chi connectivity index (χ1n) is 9.13. The third-order valence-corrected chi connectivity index (χ3v) is 4.97. The van der Waals surface area contributed by atoms with Crippen LogP contribution in [-0.2, 0) is 11.2 Å². The van der Waals surface area contributed by atoms with E-state index in [2.05, 4.69) is 11.1 Å². The summed E-state index contributed by atoms with van der Waals surface area (Å²) in [6, 6.07) is 9.98. The summed E-state index contributed by atoms with van der Waals surface area (Å²) in [5.41, 5.74) is 2.21. The number of aryl methyl sites for hydroxylation is 1. The van der Waals surface area contributed by atoms with Crippen molar-refractivity contribution in [2.75, 3.05) is 20.8 Å². The number of benzene rings is 1. The Bertz CT molecular complexity index is 733. The van der Waals surface area contributed by atoms with Crippen LogP contribution in [0.15, 0.2) is 42.7 Å². The Kier molecular flexibility index (Phi) is 6.10. The van der Waals surface area contributed by atoms with Crippen molar-refractivity contribution in [2.24, 2.45) is 0 Å². The molecule has 0 saturated carbocycles. The van der Waals surface area contributed by atoms with Gasteiger partial charge in [0, 0.05) is 25.4 Å². The van der Waals surface area contributed by atoms with Crippen molar-refractivity contribution in [1.29, 1.82) is 0 Å². The Morgan fingerprint density at radius 3 is 2.77 bits per heavy atom. The highest BCUT2D eigenvalue weighted by molar-refractivity contribution is 5.77. The van der Waals surface area contributed by atoms with Gasteiger partial charge >= 0.3 is 0 Å². The van der Waals surface area contributed by atoms with Crippen molar-refractivity contribution < 1.29 is 14.3 Å². The first-order chi connectivity index (χ1) is 12.7. The van der Waals surface area contributed by atoms with Crippen LogP contribution in [0, 0.1) is 0 Å². The fraction of sp³-hybridized carbons (Fsp3) is 0.429. The van der Waals surface area contributed by atoms with Crippen LogP contribution in [0.3, 0.4) is 0 Å². The van der Waals surface area contributed by atoms with Gasteiger partial charge in [-0.05, 0) is 55.0 Å². The maximum absolute atomic E-state index is 12.9. The molecule has 2 heterocycles. The number of carbonyl (C=O) groups excluding carboxylic acids is 1. The molecule has 26 heavy (non-hydrogen) atoms. The Morgan fingerprint density at radius 2 is 2.04 bits per heavy atom. The van der Waals surface area contributed by atoms with E-state index in [4.69, 9.17) is 9.47 Å². The number of hydrogen-bond acceptors (Lipinski definition) is 4. The van der Waals surface area contributed by atoms with E-state index in [0.717, 1.165) is 36.9 Å². The van der Waals surface area contributed by atoms with Gasteiger partial charge in [0.25, 0.3) is 0 Å². The minimum atomic E-state index is 0.148. The molecule has 1 saturated heterocycles. The standard InChI is InChI=1S/C21H26N2O3/c1-25-19-10-8-16(14-20(19)26-2)9-11-21(24)23-13-4-3-7-18(23)17-6-5-12-22-15-17/h5-6,8,10,12,14-15,18H,3-4,7,9,11,13H2,1-2H3/t18-/m0/s1. The summed E-state index contributed by atoms with van der Waals surface area (Å²) in [6.07, 6.45) is 8.06. The average molecular weight is 354 g/mol. The van der Waals surface area contributed by atoms with Crippen LogP contribution in [0.5, 0.6) is 11.5 Å². The molecule has 5 nitrogen and oxygen atoms in total. The number of nitrogens with zero attached hydrogens (tertiary/aromatic N) is 2. The van der Waals surface area contributed by atoms with E-state index in [1.807, 2.05) is 35.4 Å². The summed E-state index contributed by atoms with van der Waals surface area (Å²) >= 11 is 0. The fourth-order valence-corrected chi connectivity index (χ4v) is 3.58. The maximum atomic E-state index is 12.9. The lowest BCUT2D eigenvalue weighted by Gasteiger charge is -2.36. The van der Waals surface area contributed by atoms with Crippen molar-refractivity contribution in [3.05, 3.63) is 53.9 Å². The van der Waals surface area contributed by atoms with Gasteiger partial charge in [-0.3, -0.25) is 9.78 Å². The molecule has 3 rings (SSSR count). The van der Waals surface area contributed by atoms with Crippen molar-refractivity contribution in [2.45, 2.75) is 38.1 Å². The number of methoxy groups -OCH3 is 2. The minimum Gasteiger partial charge on any atom is -0.493 e. The van der Waals surface area contributed by atoms with Gasteiger partial charge in [0.05, 0.1) is 20.3 Å². The summed E-state index contributed by atoms with van der Waals surface area (Å²) in [6.45, 7) is 0.824. The van der Waals surface area contributed by atoms with E-state index in [1.54, 1.807) is 20.4 Å². The molecule has 1 fully saturated rings. The zero-order chi connectivity index (χ0) is 18.4. The lowest BCUT2D eigenvalue weighted by Crippen LogP contribution is -2.38. The zero-order valence-corrected chi connectivity index (χ0v) is 15.5. The highest BCUT2D eigenvalue weighted by Crippen LogP contribution is 2.32. The average Bonchev–Trinajstić information content (AvgIpc) is 2.72. The lowest BCUT2D eigenvalue weighted by molar-refractivity contribution is -0.135. The lowest BCUT2D eigenvalue weighted by atomic mass is 9.95. The van der Waals surface area contributed by atoms with E-state index < -0.39 is 0 Å². The quantitative estimate of drug-likeness (QED) is 0.792. The molecule has 1 aliphatic heterocycles. The third-order valence-electron chi connectivity index (χ3n) is 4.97. The summed E-state index contributed by atoms with van der Waals surface area (Å²) in [4.78, 5) is 19.1. The largest absolute Gasteiger partial charge is 0.493 e. The molecule has 1 atom stereocenters. The number of aromatic nitrogens is 1. The van der Waals surface area contributed by atoms with E-state index in [-0.39, 0.29) is 11.9 Å². The predicted molar refractivity (Wildman–Crippen MR) is 100 cm³/mol. The van der Waals surface area contributed by atoms with Crippen LogP contribution in [0.2, 0.25) is 0 Å². The molecule has 138 valence electrons. The zero-order valence-electron chi connectivity index (χ0n) is 15.5. The van der Waals surface area contributed by atoms with Crippen LogP contribution in [0.4, 0.5) is 0 Å². The van der Waals surface area contributed by atoms with Crippen LogP contribution in [0.25, 0.3) is 0 Å². The monoisotopic (exact) mass is 354 g/mol. The van der Waals surface area contributed by atoms with Gasteiger partial charge in [-0.15, -0.1) is 0 Å². The van der Waals surface area contributed by atoms with Gasteiger partial charge in [0.2, 0.25) is 5.91 Å². The first-order valence-corrected chi connectivity index (χ1v) is 9.13. The molecule has 1 amide bonds. The van der Waals surface area contributed by atoms with Gasteiger partial charge < -0.3 is 14.4 Å². The van der Waals surface area contributed by atoms with E-state index in [9.17, 15) is 4.79 Å². The molecular weight excluding hydrogens is 328 g/mol. The van der Waals surface area contributed by atoms with Crippen molar-refractivity contribution in [3.63, 3.8) is 0 Å². The highest BCUT2D eigenvalue weighted by Gasteiger charge is 2.27. The number of amides is 1. The Hall–Kier alpha value is -2.56. The molecular formula is C21H26N2O3. The number of likely N-dealkylation sites (tertiary alicyclic amines) is 1. The van der Waals surface area contributed by atoms with Crippen LogP contribution < -0.4 is 9.47 Å². The normalized spacial score (nSPS) is 17.0. The number of ether oxygens (including phenoxy) is 2. The summed E-state index contributed by atoms with van der Waals surface area (Å²) in [7, 11) is 3.25. The van der Waals surface area contributed by atoms with Crippen LogP contribution in [0.1, 0.15) is 42.9 Å². The number of rotatable bonds is 6. The highest BCUT2D eigenvalue weighted by atomic mass is 16.5. The predicted octanol–water partition coefficient (Wildman–Crippen LogP) is 3.79. The van der Waals surface area contributed by atoms with E-state index in [1.165, 1.54) is 0 Å². The number of hydrogen-bond donors (Lipinski definition) is 0.